The van der Waals surface area contributed by atoms with Crippen LogP contribution >= 0.6 is 27.7 Å². The van der Waals surface area contributed by atoms with Crippen molar-refractivity contribution >= 4 is 39.3 Å². The third kappa shape index (κ3) is 4.69. The molecule has 1 N–H and O–H groups in total. The predicted molar refractivity (Wildman–Crippen MR) is 119 cm³/mol. The molecule has 0 fully saturated rings. The van der Waals surface area contributed by atoms with E-state index < -0.39 is 5.92 Å². The number of benzene rings is 2. The van der Waals surface area contributed by atoms with Crippen molar-refractivity contribution < 1.29 is 9.59 Å². The first-order valence-electron chi connectivity index (χ1n) is 9.02. The molecule has 0 saturated carbocycles. The average Bonchev–Trinajstić information content (AvgIpc) is 2.71. The van der Waals surface area contributed by atoms with Gasteiger partial charge < -0.3 is 5.32 Å². The number of allylic oxidation sites excluding steroid dienone is 3. The summed E-state index contributed by atoms with van der Waals surface area (Å²) in [5.41, 5.74) is 3.24. The lowest BCUT2D eigenvalue weighted by Crippen LogP contribution is -2.27. The lowest BCUT2D eigenvalue weighted by atomic mass is 9.81. The molecule has 1 aliphatic rings. The zero-order chi connectivity index (χ0) is 21.0. The number of nitrogens with one attached hydrogen (secondary N) is 1. The number of rotatable bonds is 6. The van der Waals surface area contributed by atoms with Crippen LogP contribution in [0.4, 0.5) is 0 Å². The SMILES string of the molecule is CC(=O)C1=C(C)NC(SCC(=O)c2cccc(Br)c2)=C(C#N)[C@@H]1c1ccccc1. The molecule has 0 amide bonds. The zero-order valence-electron chi connectivity index (χ0n) is 16.0. The van der Waals surface area contributed by atoms with Gasteiger partial charge in [-0.3, -0.25) is 9.59 Å². The third-order valence-electron chi connectivity index (χ3n) is 4.65. The molecule has 146 valence electrons. The fraction of sp³-hybridized carbons (Fsp3) is 0.174. The first kappa shape index (κ1) is 21.1. The Morgan fingerprint density at radius 3 is 2.52 bits per heavy atom. The van der Waals surface area contributed by atoms with Crippen molar-refractivity contribution in [2.45, 2.75) is 19.8 Å². The van der Waals surface area contributed by atoms with E-state index in [2.05, 4.69) is 27.3 Å². The fourth-order valence-corrected chi connectivity index (χ4v) is 4.74. The Kier molecular flexibility index (Phi) is 6.73. The molecule has 3 rings (SSSR count). The van der Waals surface area contributed by atoms with Gasteiger partial charge in [0.05, 0.1) is 28.3 Å². The zero-order valence-corrected chi connectivity index (χ0v) is 18.4. The highest BCUT2D eigenvalue weighted by atomic mass is 79.9. The maximum absolute atomic E-state index is 12.6. The largest absolute Gasteiger partial charge is 0.353 e. The van der Waals surface area contributed by atoms with Gasteiger partial charge in [0.25, 0.3) is 0 Å². The average molecular weight is 467 g/mol. The Balaban J connectivity index is 1.94. The van der Waals surface area contributed by atoms with Crippen LogP contribution in [0.2, 0.25) is 0 Å². The second kappa shape index (κ2) is 9.25. The number of nitriles is 1. The Hall–Kier alpha value is -2.62. The van der Waals surface area contributed by atoms with Gasteiger partial charge in [-0.15, -0.1) is 0 Å². The van der Waals surface area contributed by atoms with Gasteiger partial charge in [-0.2, -0.15) is 5.26 Å². The summed E-state index contributed by atoms with van der Waals surface area (Å²) < 4.78 is 0.843. The molecule has 2 aromatic carbocycles. The van der Waals surface area contributed by atoms with Gasteiger partial charge in [-0.05, 0) is 31.5 Å². The lowest BCUT2D eigenvalue weighted by molar-refractivity contribution is -0.113. The quantitative estimate of drug-likeness (QED) is 0.580. The topological polar surface area (TPSA) is 70.0 Å². The lowest BCUT2D eigenvalue weighted by Gasteiger charge is -2.29. The summed E-state index contributed by atoms with van der Waals surface area (Å²) in [6.07, 6.45) is 0. The second-order valence-corrected chi connectivity index (χ2v) is 8.54. The molecule has 1 atom stereocenters. The predicted octanol–water partition coefficient (Wildman–Crippen LogP) is 5.35. The van der Waals surface area contributed by atoms with Crippen LogP contribution in [0, 0.1) is 11.3 Å². The smallest absolute Gasteiger partial charge is 0.173 e. The minimum Gasteiger partial charge on any atom is -0.353 e. The molecule has 0 aromatic heterocycles. The first-order chi connectivity index (χ1) is 13.9. The van der Waals surface area contributed by atoms with E-state index in [1.165, 1.54) is 18.7 Å². The minimum atomic E-state index is -0.441. The van der Waals surface area contributed by atoms with Crippen LogP contribution in [0.5, 0.6) is 0 Å². The summed E-state index contributed by atoms with van der Waals surface area (Å²) in [6, 6.07) is 19.0. The van der Waals surface area contributed by atoms with Crippen molar-refractivity contribution in [3.63, 3.8) is 0 Å². The Bertz CT molecular complexity index is 1070. The summed E-state index contributed by atoms with van der Waals surface area (Å²) in [6.45, 7) is 3.35. The molecule has 0 radical (unpaired) electrons. The minimum absolute atomic E-state index is 0.0295. The van der Waals surface area contributed by atoms with Crippen LogP contribution in [-0.4, -0.2) is 17.3 Å². The molecular formula is C23H19BrN2O2S. The number of nitrogens with zero attached hydrogens (tertiary/aromatic N) is 1. The Morgan fingerprint density at radius 2 is 1.90 bits per heavy atom. The fourth-order valence-electron chi connectivity index (χ4n) is 3.36. The third-order valence-corrected chi connectivity index (χ3v) is 6.16. The number of carbonyl (C=O) groups excluding carboxylic acids is 2. The number of Topliss-reactive ketones (excluding diaryl/α,β-unsaturated/α-hetero) is 2. The number of hydrogen-bond donors (Lipinski definition) is 1. The summed E-state index contributed by atoms with van der Waals surface area (Å²) in [5.74, 6) is -0.360. The maximum atomic E-state index is 12.6. The number of carbonyl (C=O) groups is 2. The van der Waals surface area contributed by atoms with Gasteiger partial charge in [0.2, 0.25) is 0 Å². The molecule has 4 nitrogen and oxygen atoms in total. The first-order valence-corrected chi connectivity index (χ1v) is 10.8. The summed E-state index contributed by atoms with van der Waals surface area (Å²) in [4.78, 5) is 24.9. The highest BCUT2D eigenvalue weighted by Gasteiger charge is 2.33. The van der Waals surface area contributed by atoms with Crippen LogP contribution in [0.25, 0.3) is 0 Å². The summed E-state index contributed by atoms with van der Waals surface area (Å²) >= 11 is 4.67. The van der Waals surface area contributed by atoms with E-state index in [0.29, 0.717) is 27.4 Å². The normalized spacial score (nSPS) is 16.3. The highest BCUT2D eigenvalue weighted by Crippen LogP contribution is 2.40. The van der Waals surface area contributed by atoms with Crippen LogP contribution < -0.4 is 5.32 Å². The number of hydrogen-bond acceptors (Lipinski definition) is 5. The van der Waals surface area contributed by atoms with Crippen molar-refractivity contribution in [1.29, 1.82) is 5.26 Å². The van der Waals surface area contributed by atoms with Gasteiger partial charge >= 0.3 is 0 Å². The van der Waals surface area contributed by atoms with Gasteiger partial charge in [-0.1, -0.05) is 70.2 Å². The van der Waals surface area contributed by atoms with Crippen molar-refractivity contribution in [3.8, 4) is 6.07 Å². The van der Waals surface area contributed by atoms with Gasteiger partial charge in [-0.25, -0.2) is 0 Å². The number of ketones is 2. The van der Waals surface area contributed by atoms with Crippen LogP contribution in [-0.2, 0) is 4.79 Å². The molecule has 6 heteroatoms. The Labute approximate surface area is 182 Å². The van der Waals surface area contributed by atoms with Gasteiger partial charge in [0, 0.05) is 21.3 Å². The monoisotopic (exact) mass is 466 g/mol. The van der Waals surface area contributed by atoms with E-state index >= 15 is 0 Å². The van der Waals surface area contributed by atoms with E-state index in [4.69, 9.17) is 0 Å². The molecular weight excluding hydrogens is 448 g/mol. The molecule has 1 aliphatic heterocycles. The molecule has 0 unspecified atom stereocenters. The second-order valence-electron chi connectivity index (χ2n) is 6.64. The Morgan fingerprint density at radius 1 is 1.17 bits per heavy atom. The molecule has 29 heavy (non-hydrogen) atoms. The van der Waals surface area contributed by atoms with Crippen molar-refractivity contribution in [2.75, 3.05) is 5.75 Å². The molecule has 2 aromatic rings. The molecule has 0 saturated heterocycles. The van der Waals surface area contributed by atoms with Gasteiger partial charge in [0.1, 0.15) is 0 Å². The highest BCUT2D eigenvalue weighted by molar-refractivity contribution is 9.10. The van der Waals surface area contributed by atoms with Crippen molar-refractivity contribution in [1.82, 2.24) is 5.32 Å². The van der Waals surface area contributed by atoms with E-state index in [0.717, 1.165) is 10.0 Å². The van der Waals surface area contributed by atoms with E-state index in [1.807, 2.05) is 49.4 Å². The molecule has 0 bridgehead atoms. The van der Waals surface area contributed by atoms with E-state index in [9.17, 15) is 14.9 Å². The molecule has 0 aliphatic carbocycles. The van der Waals surface area contributed by atoms with Crippen LogP contribution in [0.3, 0.4) is 0 Å². The number of halogens is 1. The summed E-state index contributed by atoms with van der Waals surface area (Å²) in [7, 11) is 0. The summed E-state index contributed by atoms with van der Waals surface area (Å²) in [5, 5.41) is 13.7. The van der Waals surface area contributed by atoms with Crippen molar-refractivity contribution in [2.24, 2.45) is 0 Å². The number of dihydropyridines is 1. The van der Waals surface area contributed by atoms with E-state index in [1.54, 1.807) is 12.1 Å². The molecule has 1 heterocycles. The van der Waals surface area contributed by atoms with Crippen molar-refractivity contribution in [3.05, 3.63) is 92.1 Å². The van der Waals surface area contributed by atoms with Crippen LogP contribution in [0.15, 0.2) is 80.9 Å². The number of thioether (sulfide) groups is 1. The van der Waals surface area contributed by atoms with E-state index in [-0.39, 0.29) is 17.3 Å². The standard InChI is InChI=1S/C23H19BrN2O2S/c1-14-21(15(2)27)22(16-7-4-3-5-8-16)19(12-25)23(26-14)29-13-20(28)17-9-6-10-18(24)11-17/h3-11,22,26H,13H2,1-2H3/t22-/m0/s1. The van der Waals surface area contributed by atoms with Crippen LogP contribution in [0.1, 0.15) is 35.7 Å². The maximum Gasteiger partial charge on any atom is 0.173 e. The molecule has 0 spiro atoms. The van der Waals surface area contributed by atoms with Gasteiger partial charge in [0.15, 0.2) is 11.6 Å².